The third-order valence-corrected chi connectivity index (χ3v) is 3.98. The van der Waals surface area contributed by atoms with Crippen molar-refractivity contribution in [2.24, 2.45) is 0 Å². The molecule has 3 rings (SSSR count). The molecule has 2 aromatic rings. The van der Waals surface area contributed by atoms with E-state index < -0.39 is 0 Å². The molecule has 0 bridgehead atoms. The van der Waals surface area contributed by atoms with Crippen LogP contribution in [0.2, 0.25) is 0 Å². The van der Waals surface area contributed by atoms with Gasteiger partial charge in [-0.3, -0.25) is 14.2 Å². The van der Waals surface area contributed by atoms with Crippen molar-refractivity contribution >= 4 is 22.7 Å². The van der Waals surface area contributed by atoms with Crippen molar-refractivity contribution in [1.82, 2.24) is 9.88 Å². The average Bonchev–Trinajstić information content (AvgIpc) is 3.19. The van der Waals surface area contributed by atoms with Crippen LogP contribution in [0.1, 0.15) is 30.5 Å². The number of carbonyl (C=O) groups excluding carboxylic acids is 2. The van der Waals surface area contributed by atoms with Gasteiger partial charge in [0, 0.05) is 37.6 Å². The van der Waals surface area contributed by atoms with Crippen LogP contribution in [-0.4, -0.2) is 35.6 Å². The van der Waals surface area contributed by atoms with E-state index in [9.17, 15) is 9.59 Å². The largest absolute Gasteiger partial charge is 0.376 e. The highest BCUT2D eigenvalue weighted by Gasteiger charge is 2.17. The van der Waals surface area contributed by atoms with Gasteiger partial charge in [-0.05, 0) is 25.0 Å². The highest BCUT2D eigenvalue weighted by Crippen LogP contribution is 2.16. The Labute approximate surface area is 129 Å². The van der Waals surface area contributed by atoms with E-state index in [-0.39, 0.29) is 30.8 Å². The lowest BCUT2D eigenvalue weighted by molar-refractivity contribution is -0.121. The number of nitrogens with one attached hydrogen (secondary N) is 1. The Morgan fingerprint density at radius 1 is 1.23 bits per heavy atom. The highest BCUT2D eigenvalue weighted by atomic mass is 16.5. The molecule has 22 heavy (non-hydrogen) atoms. The van der Waals surface area contributed by atoms with Crippen LogP contribution in [0, 0.1) is 0 Å². The Morgan fingerprint density at radius 2 is 2.09 bits per heavy atom. The molecule has 0 radical (unpaired) electrons. The van der Waals surface area contributed by atoms with Gasteiger partial charge in [0.15, 0.2) is 0 Å². The summed E-state index contributed by atoms with van der Waals surface area (Å²) in [6.07, 6.45) is 4.35. The molecule has 1 aliphatic rings. The summed E-state index contributed by atoms with van der Waals surface area (Å²) in [4.78, 5) is 24.1. The van der Waals surface area contributed by atoms with Gasteiger partial charge in [-0.1, -0.05) is 18.2 Å². The Hall–Kier alpha value is -2.14. The number of benzene rings is 1. The summed E-state index contributed by atoms with van der Waals surface area (Å²) in [5, 5.41) is 3.86. The average molecular weight is 300 g/mol. The van der Waals surface area contributed by atoms with Crippen molar-refractivity contribution in [2.75, 3.05) is 13.2 Å². The van der Waals surface area contributed by atoms with Crippen LogP contribution in [0.3, 0.4) is 0 Å². The zero-order valence-corrected chi connectivity index (χ0v) is 12.5. The number of nitrogens with zero attached hydrogens (tertiary/aromatic N) is 1. The van der Waals surface area contributed by atoms with Crippen LogP contribution in [0.15, 0.2) is 36.5 Å². The zero-order valence-electron chi connectivity index (χ0n) is 12.5. The van der Waals surface area contributed by atoms with Gasteiger partial charge in [0.1, 0.15) is 0 Å². The number of rotatable bonds is 5. The summed E-state index contributed by atoms with van der Waals surface area (Å²) in [5.41, 5.74) is 0.882. The first-order chi connectivity index (χ1) is 10.7. The number of hydrogen-bond donors (Lipinski definition) is 1. The number of aromatic nitrogens is 1. The van der Waals surface area contributed by atoms with Gasteiger partial charge in [0.05, 0.1) is 11.6 Å². The normalized spacial score (nSPS) is 17.7. The molecule has 1 atom stereocenters. The maximum atomic E-state index is 12.2. The van der Waals surface area contributed by atoms with Crippen LogP contribution in [0.5, 0.6) is 0 Å². The van der Waals surface area contributed by atoms with E-state index in [1.807, 2.05) is 30.3 Å². The maximum absolute atomic E-state index is 12.2. The molecule has 1 unspecified atom stereocenters. The van der Waals surface area contributed by atoms with E-state index in [2.05, 4.69) is 5.32 Å². The van der Waals surface area contributed by atoms with Gasteiger partial charge in [-0.2, -0.15) is 0 Å². The lowest BCUT2D eigenvalue weighted by Gasteiger charge is -2.10. The van der Waals surface area contributed by atoms with Gasteiger partial charge >= 0.3 is 0 Å². The van der Waals surface area contributed by atoms with Crippen molar-refractivity contribution in [3.05, 3.63) is 36.5 Å². The topological polar surface area (TPSA) is 60.3 Å². The number of amides is 1. The molecule has 1 fully saturated rings. The molecule has 0 aliphatic carbocycles. The first kappa shape index (κ1) is 14.8. The molecular formula is C17H20N2O3. The standard InChI is InChI=1S/C17H20N2O3/c20-16(18-12-14-5-3-11-22-14)7-8-17(21)19-10-9-13-4-1-2-6-15(13)19/h1-2,4,6,9-10,14H,3,5,7-8,11-12H2,(H,18,20). The number of ether oxygens (including phenoxy) is 1. The second kappa shape index (κ2) is 6.75. The van der Waals surface area contributed by atoms with Crippen LogP contribution in [0.25, 0.3) is 10.9 Å². The monoisotopic (exact) mass is 300 g/mol. The molecule has 1 N–H and O–H groups in total. The Kier molecular flexibility index (Phi) is 4.53. The predicted octanol–water partition coefficient (Wildman–Crippen LogP) is 2.36. The SMILES string of the molecule is O=C(CCC(=O)n1ccc2ccccc21)NCC1CCCO1. The molecule has 1 aliphatic heterocycles. The van der Waals surface area contributed by atoms with Gasteiger partial charge in [0.2, 0.25) is 11.8 Å². The Balaban J connectivity index is 1.50. The molecule has 1 saturated heterocycles. The van der Waals surface area contributed by atoms with E-state index in [4.69, 9.17) is 4.74 Å². The van der Waals surface area contributed by atoms with E-state index in [0.717, 1.165) is 30.4 Å². The summed E-state index contributed by atoms with van der Waals surface area (Å²) in [7, 11) is 0. The molecule has 116 valence electrons. The summed E-state index contributed by atoms with van der Waals surface area (Å²) in [5.74, 6) is -0.159. The molecule has 0 saturated carbocycles. The number of hydrogen-bond acceptors (Lipinski definition) is 3. The Bertz CT molecular complexity index is 671. The smallest absolute Gasteiger partial charge is 0.231 e. The third kappa shape index (κ3) is 3.36. The van der Waals surface area contributed by atoms with Crippen molar-refractivity contribution in [2.45, 2.75) is 31.8 Å². The number of para-hydroxylation sites is 1. The minimum absolute atomic E-state index is 0.0616. The highest BCUT2D eigenvalue weighted by molar-refractivity contribution is 5.93. The molecule has 5 heteroatoms. The fourth-order valence-corrected chi connectivity index (χ4v) is 2.76. The van der Waals surface area contributed by atoms with Crippen molar-refractivity contribution in [3.63, 3.8) is 0 Å². The van der Waals surface area contributed by atoms with Crippen LogP contribution in [0.4, 0.5) is 0 Å². The molecule has 1 aromatic carbocycles. The van der Waals surface area contributed by atoms with E-state index in [0.29, 0.717) is 6.54 Å². The van der Waals surface area contributed by atoms with E-state index in [1.165, 1.54) is 0 Å². The van der Waals surface area contributed by atoms with Gasteiger partial charge < -0.3 is 10.1 Å². The molecule has 0 spiro atoms. The van der Waals surface area contributed by atoms with Crippen molar-refractivity contribution < 1.29 is 14.3 Å². The zero-order chi connectivity index (χ0) is 15.4. The van der Waals surface area contributed by atoms with Crippen molar-refractivity contribution in [1.29, 1.82) is 0 Å². The maximum Gasteiger partial charge on any atom is 0.231 e. The second-order valence-corrected chi connectivity index (χ2v) is 5.58. The predicted molar refractivity (Wildman–Crippen MR) is 83.8 cm³/mol. The minimum Gasteiger partial charge on any atom is -0.376 e. The molecule has 2 heterocycles. The molecule has 5 nitrogen and oxygen atoms in total. The van der Waals surface area contributed by atoms with Gasteiger partial charge in [-0.25, -0.2) is 0 Å². The minimum atomic E-state index is -0.0969. The Morgan fingerprint density at radius 3 is 2.91 bits per heavy atom. The fourth-order valence-electron chi connectivity index (χ4n) is 2.76. The molecular weight excluding hydrogens is 280 g/mol. The molecule has 1 amide bonds. The van der Waals surface area contributed by atoms with E-state index >= 15 is 0 Å². The second-order valence-electron chi connectivity index (χ2n) is 5.58. The van der Waals surface area contributed by atoms with Crippen LogP contribution >= 0.6 is 0 Å². The lowest BCUT2D eigenvalue weighted by atomic mass is 10.2. The summed E-state index contributed by atoms with van der Waals surface area (Å²) >= 11 is 0. The van der Waals surface area contributed by atoms with Gasteiger partial charge in [-0.15, -0.1) is 0 Å². The molecule has 1 aromatic heterocycles. The van der Waals surface area contributed by atoms with Crippen molar-refractivity contribution in [3.8, 4) is 0 Å². The lowest BCUT2D eigenvalue weighted by Crippen LogP contribution is -2.32. The van der Waals surface area contributed by atoms with Crippen LogP contribution < -0.4 is 5.32 Å². The summed E-state index contributed by atoms with van der Waals surface area (Å²) in [6, 6.07) is 9.62. The fraction of sp³-hybridized carbons (Fsp3) is 0.412. The summed E-state index contributed by atoms with van der Waals surface area (Å²) in [6.45, 7) is 1.32. The van der Waals surface area contributed by atoms with Gasteiger partial charge in [0.25, 0.3) is 0 Å². The number of fused-ring (bicyclic) bond motifs is 1. The third-order valence-electron chi connectivity index (χ3n) is 3.98. The summed E-state index contributed by atoms with van der Waals surface area (Å²) < 4.78 is 7.06. The van der Waals surface area contributed by atoms with Crippen LogP contribution in [-0.2, 0) is 9.53 Å². The number of carbonyl (C=O) groups is 2. The first-order valence-corrected chi connectivity index (χ1v) is 7.71. The van der Waals surface area contributed by atoms with E-state index in [1.54, 1.807) is 10.8 Å². The first-order valence-electron chi connectivity index (χ1n) is 7.71. The quantitative estimate of drug-likeness (QED) is 0.922.